The molecule has 4 rings (SSSR count). The van der Waals surface area contributed by atoms with Gasteiger partial charge in [0, 0.05) is 5.92 Å². The first-order valence-corrected chi connectivity index (χ1v) is 12.2. The maximum atomic E-state index is 9.49. The maximum absolute atomic E-state index is 9.49. The second-order valence-electron chi connectivity index (χ2n) is 8.92. The third-order valence-electron chi connectivity index (χ3n) is 6.40. The van der Waals surface area contributed by atoms with E-state index in [9.17, 15) is 5.26 Å². The van der Waals surface area contributed by atoms with Crippen LogP contribution in [0.1, 0.15) is 80.5 Å². The van der Waals surface area contributed by atoms with Crippen molar-refractivity contribution >= 4 is 12.1 Å². The number of benzene rings is 2. The molecule has 1 heterocycles. The average molecular weight is 457 g/mol. The van der Waals surface area contributed by atoms with Crippen LogP contribution in [0.25, 0.3) is 0 Å². The fourth-order valence-corrected chi connectivity index (χ4v) is 4.44. The Morgan fingerprint density at radius 2 is 1.97 bits per heavy atom. The first kappa shape index (κ1) is 23.6. The molecule has 1 N–H and O–H groups in total. The van der Waals surface area contributed by atoms with Gasteiger partial charge in [-0.1, -0.05) is 68.7 Å². The van der Waals surface area contributed by atoms with Gasteiger partial charge in [-0.15, -0.1) is 0 Å². The Balaban J connectivity index is 1.33. The van der Waals surface area contributed by atoms with Crippen LogP contribution in [0.4, 0.5) is 5.88 Å². The largest absolute Gasteiger partial charge is 0.489 e. The van der Waals surface area contributed by atoms with Crippen LogP contribution in [-0.4, -0.2) is 11.2 Å². The van der Waals surface area contributed by atoms with Crippen molar-refractivity contribution < 1.29 is 9.15 Å². The van der Waals surface area contributed by atoms with Crippen LogP contribution in [-0.2, 0) is 6.61 Å². The summed E-state index contributed by atoms with van der Waals surface area (Å²) in [6, 6.07) is 19.9. The van der Waals surface area contributed by atoms with E-state index in [0.29, 0.717) is 18.4 Å². The Bertz CT molecular complexity index is 1110. The summed E-state index contributed by atoms with van der Waals surface area (Å²) >= 11 is 0. The molecule has 3 aromatic rings. The van der Waals surface area contributed by atoms with Gasteiger partial charge in [0.15, 0.2) is 0 Å². The van der Waals surface area contributed by atoms with Crippen molar-refractivity contribution in [3.63, 3.8) is 0 Å². The second kappa shape index (κ2) is 12.0. The Hall–Kier alpha value is -3.59. The average Bonchev–Trinajstić information content (AvgIpc) is 3.30. The highest BCUT2D eigenvalue weighted by Gasteiger charge is 2.27. The molecule has 176 valence electrons. The van der Waals surface area contributed by atoms with E-state index in [2.05, 4.69) is 28.5 Å². The lowest BCUT2D eigenvalue weighted by Gasteiger charge is -2.26. The molecule has 0 radical (unpaired) electrons. The van der Waals surface area contributed by atoms with Crippen LogP contribution in [0.3, 0.4) is 0 Å². The van der Waals surface area contributed by atoms with Crippen LogP contribution in [0.2, 0.25) is 0 Å². The van der Waals surface area contributed by atoms with Crippen molar-refractivity contribution in [3.05, 3.63) is 77.3 Å². The number of rotatable bonds is 10. The fourth-order valence-electron chi connectivity index (χ4n) is 4.44. The molecule has 6 heteroatoms. The Kier molecular flexibility index (Phi) is 8.34. The van der Waals surface area contributed by atoms with E-state index in [1.807, 2.05) is 54.6 Å². The van der Waals surface area contributed by atoms with Gasteiger partial charge in [-0.05, 0) is 54.9 Å². The number of hydrazone groups is 1. The van der Waals surface area contributed by atoms with Gasteiger partial charge in [-0.25, -0.2) is 10.4 Å². The third kappa shape index (κ3) is 6.48. The molecule has 0 aliphatic heterocycles. The number of nitrogens with zero attached hydrogens (tertiary/aromatic N) is 3. The molecule has 0 unspecified atom stereocenters. The normalized spacial score (nSPS) is 18.0. The van der Waals surface area contributed by atoms with E-state index < -0.39 is 0 Å². The van der Waals surface area contributed by atoms with E-state index >= 15 is 0 Å². The lowest BCUT2D eigenvalue weighted by atomic mass is 9.80. The third-order valence-corrected chi connectivity index (χ3v) is 6.40. The van der Waals surface area contributed by atoms with Crippen LogP contribution in [0, 0.1) is 17.2 Å². The van der Waals surface area contributed by atoms with E-state index in [0.717, 1.165) is 35.6 Å². The summed E-state index contributed by atoms with van der Waals surface area (Å²) in [4.78, 5) is 4.45. The van der Waals surface area contributed by atoms with E-state index in [1.165, 1.54) is 32.1 Å². The number of anilines is 1. The summed E-state index contributed by atoms with van der Waals surface area (Å²) < 4.78 is 11.8. The zero-order chi connectivity index (χ0) is 23.6. The summed E-state index contributed by atoms with van der Waals surface area (Å²) in [6.07, 6.45) is 10.1. The number of nitriles is 1. The molecular formula is C28H32N4O2. The number of oxazole rings is 1. The predicted molar refractivity (Wildman–Crippen MR) is 134 cm³/mol. The molecule has 34 heavy (non-hydrogen) atoms. The Labute approximate surface area is 201 Å². The fraction of sp³-hybridized carbons (Fsp3) is 0.393. The second-order valence-corrected chi connectivity index (χ2v) is 8.92. The monoisotopic (exact) mass is 456 g/mol. The minimum atomic E-state index is 0.250. The van der Waals surface area contributed by atoms with Crippen LogP contribution < -0.4 is 10.2 Å². The molecule has 1 saturated carbocycles. The zero-order valence-electron chi connectivity index (χ0n) is 19.7. The van der Waals surface area contributed by atoms with Crippen molar-refractivity contribution in [1.82, 2.24) is 4.98 Å². The highest BCUT2D eigenvalue weighted by molar-refractivity contribution is 5.80. The molecular weight excluding hydrogens is 424 g/mol. The van der Waals surface area contributed by atoms with Gasteiger partial charge >= 0.3 is 0 Å². The first-order chi connectivity index (χ1) is 16.7. The first-order valence-electron chi connectivity index (χ1n) is 12.2. The number of unbranched alkanes of at least 4 members (excludes halogenated alkanes) is 1. The van der Waals surface area contributed by atoms with Crippen LogP contribution >= 0.6 is 0 Å². The van der Waals surface area contributed by atoms with Gasteiger partial charge in [0.2, 0.25) is 11.6 Å². The number of ether oxygens (including phenoxy) is 1. The maximum Gasteiger partial charge on any atom is 0.252 e. The van der Waals surface area contributed by atoms with Crippen molar-refractivity contribution in [2.24, 2.45) is 11.0 Å². The summed E-state index contributed by atoms with van der Waals surface area (Å²) in [7, 11) is 0. The Morgan fingerprint density at radius 1 is 1.15 bits per heavy atom. The van der Waals surface area contributed by atoms with Crippen molar-refractivity contribution in [1.29, 1.82) is 5.26 Å². The molecule has 2 aromatic carbocycles. The minimum Gasteiger partial charge on any atom is -0.489 e. The number of nitrogens with one attached hydrogen (secondary N) is 1. The molecule has 0 atom stereocenters. The molecule has 1 aromatic heterocycles. The van der Waals surface area contributed by atoms with Crippen molar-refractivity contribution in [2.75, 3.05) is 5.43 Å². The highest BCUT2D eigenvalue weighted by atomic mass is 16.5. The smallest absolute Gasteiger partial charge is 0.252 e. The zero-order valence-corrected chi connectivity index (χ0v) is 19.7. The van der Waals surface area contributed by atoms with Crippen LogP contribution in [0.15, 0.2) is 64.1 Å². The summed E-state index contributed by atoms with van der Waals surface area (Å²) in [5.41, 5.74) is 5.10. The number of aromatic nitrogens is 1. The van der Waals surface area contributed by atoms with Gasteiger partial charge in [0.1, 0.15) is 18.4 Å². The summed E-state index contributed by atoms with van der Waals surface area (Å²) in [5.74, 6) is 2.82. The highest BCUT2D eigenvalue weighted by Crippen LogP contribution is 2.38. The topological polar surface area (TPSA) is 83.4 Å². The van der Waals surface area contributed by atoms with Crippen LogP contribution in [0.5, 0.6) is 5.75 Å². The van der Waals surface area contributed by atoms with Gasteiger partial charge in [0.25, 0.3) is 5.88 Å². The molecule has 1 aliphatic rings. The van der Waals surface area contributed by atoms with E-state index in [-0.39, 0.29) is 11.6 Å². The quantitative estimate of drug-likeness (QED) is 0.261. The van der Waals surface area contributed by atoms with Gasteiger partial charge in [-0.3, -0.25) is 0 Å². The SMILES string of the molecule is CCCCC1CCC(c2nc(C#N)c(N/N=C\c3cccc(OCc4ccccc4)c3)o2)CC1. The number of hydrogen-bond donors (Lipinski definition) is 1. The molecule has 0 saturated heterocycles. The van der Waals surface area contributed by atoms with Gasteiger partial charge in [0.05, 0.1) is 6.21 Å². The summed E-state index contributed by atoms with van der Waals surface area (Å²) in [6.45, 7) is 2.75. The molecule has 0 amide bonds. The lowest BCUT2D eigenvalue weighted by Crippen LogP contribution is -2.13. The molecule has 1 fully saturated rings. The minimum absolute atomic E-state index is 0.250. The standard InChI is InChI=1S/C28H32N4O2/c1-2-3-8-21-13-15-24(16-14-21)27-31-26(18-29)28(34-27)32-30-19-23-11-7-12-25(17-23)33-20-22-9-5-4-6-10-22/h4-7,9-12,17,19,21,24,32H,2-3,8,13-16,20H2,1H3/b30-19-. The van der Waals surface area contributed by atoms with Gasteiger partial charge in [-0.2, -0.15) is 10.4 Å². The number of hydrogen-bond acceptors (Lipinski definition) is 6. The molecule has 0 bridgehead atoms. The van der Waals surface area contributed by atoms with E-state index in [4.69, 9.17) is 9.15 Å². The molecule has 1 aliphatic carbocycles. The van der Waals surface area contributed by atoms with Crippen molar-refractivity contribution in [2.45, 2.75) is 64.4 Å². The summed E-state index contributed by atoms with van der Waals surface area (Å²) in [5, 5.41) is 13.8. The molecule has 0 spiro atoms. The molecule has 6 nitrogen and oxygen atoms in total. The lowest BCUT2D eigenvalue weighted by molar-refractivity contribution is 0.278. The van der Waals surface area contributed by atoms with E-state index in [1.54, 1.807) is 6.21 Å². The Morgan fingerprint density at radius 3 is 2.74 bits per heavy atom. The van der Waals surface area contributed by atoms with Crippen molar-refractivity contribution in [3.8, 4) is 11.8 Å². The predicted octanol–water partition coefficient (Wildman–Crippen LogP) is 7.04. The van der Waals surface area contributed by atoms with Gasteiger partial charge < -0.3 is 9.15 Å².